The van der Waals surface area contributed by atoms with Gasteiger partial charge < -0.3 is 4.90 Å². The molecule has 5 nitrogen and oxygen atoms in total. The Labute approximate surface area is 151 Å². The molecule has 0 radical (unpaired) electrons. The number of halogens is 1. The highest BCUT2D eigenvalue weighted by atomic mass is 79.9. The molecular weight excluding hydrogens is 396 g/mol. The second-order valence-electron chi connectivity index (χ2n) is 5.86. The second kappa shape index (κ2) is 6.29. The van der Waals surface area contributed by atoms with E-state index in [1.165, 1.54) is 17.9 Å². The number of amides is 1. The lowest BCUT2D eigenvalue weighted by atomic mass is 10.2. The van der Waals surface area contributed by atoms with Crippen LogP contribution in [0.3, 0.4) is 0 Å². The number of fused-ring (bicyclic) bond motifs is 1. The molecular formula is C15H17BrN4OS2. The Morgan fingerprint density at radius 1 is 1.22 bits per heavy atom. The van der Waals surface area contributed by atoms with Crippen LogP contribution in [0.2, 0.25) is 0 Å². The van der Waals surface area contributed by atoms with Crippen molar-refractivity contribution < 1.29 is 4.79 Å². The molecule has 2 aromatic heterocycles. The molecule has 4 heterocycles. The van der Waals surface area contributed by atoms with Gasteiger partial charge in [0.2, 0.25) is 5.78 Å². The average Bonchev–Trinajstić information content (AvgIpc) is 3.10. The molecule has 122 valence electrons. The van der Waals surface area contributed by atoms with Gasteiger partial charge in [0, 0.05) is 43.2 Å². The lowest BCUT2D eigenvalue weighted by Crippen LogP contribution is -2.33. The van der Waals surface area contributed by atoms with Crippen molar-refractivity contribution in [3.63, 3.8) is 0 Å². The summed E-state index contributed by atoms with van der Waals surface area (Å²) in [6.07, 6.45) is 8.69. The van der Waals surface area contributed by atoms with Gasteiger partial charge in [0.1, 0.15) is 5.69 Å². The Bertz CT molecular complexity index is 744. The zero-order valence-electron chi connectivity index (χ0n) is 12.6. The van der Waals surface area contributed by atoms with Crippen LogP contribution in [0.1, 0.15) is 29.8 Å². The van der Waals surface area contributed by atoms with E-state index >= 15 is 0 Å². The molecule has 4 rings (SSSR count). The Balaban J connectivity index is 1.53. The average molecular weight is 413 g/mol. The molecule has 23 heavy (non-hydrogen) atoms. The first-order valence-electron chi connectivity index (χ1n) is 7.73. The maximum Gasteiger partial charge on any atom is 0.274 e. The van der Waals surface area contributed by atoms with Gasteiger partial charge in [-0.3, -0.25) is 9.20 Å². The van der Waals surface area contributed by atoms with Crippen LogP contribution < -0.4 is 0 Å². The fraction of sp³-hybridized carbons (Fsp3) is 0.533. The normalized spacial score (nSPS) is 21.0. The van der Waals surface area contributed by atoms with Gasteiger partial charge in [-0.2, -0.15) is 0 Å². The van der Waals surface area contributed by atoms with Gasteiger partial charge in [-0.25, -0.2) is 9.97 Å². The second-order valence-corrected chi connectivity index (χ2v) is 9.99. The van der Waals surface area contributed by atoms with E-state index in [1.54, 1.807) is 16.8 Å². The molecule has 2 fully saturated rings. The number of rotatable bonds is 1. The van der Waals surface area contributed by atoms with E-state index < -0.39 is 0 Å². The van der Waals surface area contributed by atoms with Crippen molar-refractivity contribution in [3.8, 4) is 0 Å². The molecule has 1 amide bonds. The van der Waals surface area contributed by atoms with Crippen molar-refractivity contribution >= 4 is 51.1 Å². The minimum absolute atomic E-state index is 0.0247. The molecule has 0 atom stereocenters. The van der Waals surface area contributed by atoms with Crippen LogP contribution in [-0.4, -0.2) is 53.9 Å². The van der Waals surface area contributed by atoms with E-state index in [9.17, 15) is 4.79 Å². The fourth-order valence-corrected chi connectivity index (χ4v) is 6.81. The maximum atomic E-state index is 12.8. The highest BCUT2D eigenvalue weighted by Gasteiger charge is 2.38. The summed E-state index contributed by atoms with van der Waals surface area (Å²) in [5.41, 5.74) is 0.485. The summed E-state index contributed by atoms with van der Waals surface area (Å²) < 4.78 is 3.01. The highest BCUT2D eigenvalue weighted by molar-refractivity contribution is 9.10. The number of carbonyl (C=O) groups is 1. The van der Waals surface area contributed by atoms with E-state index in [2.05, 4.69) is 49.4 Å². The van der Waals surface area contributed by atoms with Crippen molar-refractivity contribution in [2.45, 2.75) is 23.3 Å². The van der Waals surface area contributed by atoms with Gasteiger partial charge in [0.05, 0.1) is 8.55 Å². The molecule has 2 saturated heterocycles. The van der Waals surface area contributed by atoms with Crippen LogP contribution in [0.15, 0.2) is 23.1 Å². The topological polar surface area (TPSA) is 50.5 Å². The quantitative estimate of drug-likeness (QED) is 0.718. The third kappa shape index (κ3) is 3.13. The molecule has 2 aliphatic rings. The predicted octanol–water partition coefficient (Wildman–Crippen LogP) is 3.29. The molecule has 0 aromatic carbocycles. The van der Waals surface area contributed by atoms with Crippen molar-refractivity contribution in [1.29, 1.82) is 0 Å². The minimum atomic E-state index is 0.0247. The van der Waals surface area contributed by atoms with E-state index in [-0.39, 0.29) is 5.91 Å². The summed E-state index contributed by atoms with van der Waals surface area (Å²) in [5, 5.41) is 0. The molecule has 0 N–H and O–H groups in total. The van der Waals surface area contributed by atoms with Crippen molar-refractivity contribution in [1.82, 2.24) is 19.3 Å². The number of aromatic nitrogens is 3. The zero-order chi connectivity index (χ0) is 15.9. The smallest absolute Gasteiger partial charge is 0.274 e. The van der Waals surface area contributed by atoms with Crippen LogP contribution in [-0.2, 0) is 0 Å². The third-order valence-electron chi connectivity index (χ3n) is 4.35. The van der Waals surface area contributed by atoms with Crippen LogP contribution in [0.5, 0.6) is 0 Å². The number of hydrogen-bond donors (Lipinski definition) is 0. The molecule has 0 saturated carbocycles. The number of thioether (sulfide) groups is 2. The summed E-state index contributed by atoms with van der Waals surface area (Å²) in [7, 11) is 0. The van der Waals surface area contributed by atoms with E-state index in [0.29, 0.717) is 15.6 Å². The lowest BCUT2D eigenvalue weighted by molar-refractivity contribution is 0.0756. The lowest BCUT2D eigenvalue weighted by Gasteiger charge is -2.25. The van der Waals surface area contributed by atoms with E-state index in [4.69, 9.17) is 0 Å². The highest BCUT2D eigenvalue weighted by Crippen LogP contribution is 2.50. The molecule has 8 heteroatoms. The number of hydrogen-bond acceptors (Lipinski definition) is 5. The van der Waals surface area contributed by atoms with Crippen LogP contribution in [0.25, 0.3) is 5.78 Å². The van der Waals surface area contributed by atoms with Crippen molar-refractivity contribution in [2.24, 2.45) is 0 Å². The Kier molecular flexibility index (Phi) is 4.32. The first-order valence-corrected chi connectivity index (χ1v) is 10.5. The Hall–Kier alpha value is -0.730. The molecule has 0 bridgehead atoms. The van der Waals surface area contributed by atoms with Crippen molar-refractivity contribution in [2.75, 3.05) is 24.6 Å². The summed E-state index contributed by atoms with van der Waals surface area (Å²) in [4.78, 5) is 23.4. The maximum absolute atomic E-state index is 12.8. The standard InChI is InChI=1S/C15H17BrN4OS2/c16-11-8-17-14-18-12(10-20(14)9-11)13(21)19-4-1-2-15(3-5-19)22-6-7-23-15/h8-10H,1-7H2. The minimum Gasteiger partial charge on any atom is -0.337 e. The van der Waals surface area contributed by atoms with Gasteiger partial charge in [-0.05, 0) is 35.2 Å². The zero-order valence-corrected chi connectivity index (χ0v) is 15.8. The Morgan fingerprint density at radius 2 is 2.04 bits per heavy atom. The molecule has 0 aliphatic carbocycles. The summed E-state index contributed by atoms with van der Waals surface area (Å²) in [5.74, 6) is 3.07. The van der Waals surface area contributed by atoms with Crippen LogP contribution in [0, 0.1) is 0 Å². The number of likely N-dealkylation sites (tertiary alicyclic amines) is 1. The molecule has 2 aliphatic heterocycles. The SMILES string of the molecule is O=C(c1cn2cc(Br)cnc2n1)N1CCCC2(CC1)SCCS2. The predicted molar refractivity (Wildman–Crippen MR) is 98.1 cm³/mol. The molecule has 2 aromatic rings. The van der Waals surface area contributed by atoms with Crippen LogP contribution in [0.4, 0.5) is 0 Å². The van der Waals surface area contributed by atoms with Gasteiger partial charge in [-0.1, -0.05) is 0 Å². The number of nitrogens with zero attached hydrogens (tertiary/aromatic N) is 4. The van der Waals surface area contributed by atoms with Gasteiger partial charge in [0.25, 0.3) is 5.91 Å². The van der Waals surface area contributed by atoms with E-state index in [0.717, 1.165) is 30.4 Å². The first kappa shape index (κ1) is 15.8. The Morgan fingerprint density at radius 3 is 2.87 bits per heavy atom. The van der Waals surface area contributed by atoms with Gasteiger partial charge in [0.15, 0.2) is 0 Å². The largest absolute Gasteiger partial charge is 0.337 e. The first-order chi connectivity index (χ1) is 11.2. The van der Waals surface area contributed by atoms with Gasteiger partial charge >= 0.3 is 0 Å². The summed E-state index contributed by atoms with van der Waals surface area (Å²) in [6, 6.07) is 0. The van der Waals surface area contributed by atoms with Crippen LogP contribution >= 0.6 is 39.5 Å². The molecule has 0 unspecified atom stereocenters. The van der Waals surface area contributed by atoms with Gasteiger partial charge in [-0.15, -0.1) is 23.5 Å². The molecule has 1 spiro atoms. The fourth-order valence-electron chi connectivity index (χ4n) is 3.20. The summed E-state index contributed by atoms with van der Waals surface area (Å²) in [6.45, 7) is 1.65. The number of carbonyl (C=O) groups excluding carboxylic acids is 1. The van der Waals surface area contributed by atoms with E-state index in [1.807, 2.05) is 11.1 Å². The summed E-state index contributed by atoms with van der Waals surface area (Å²) >= 11 is 7.56. The third-order valence-corrected chi connectivity index (χ3v) is 8.41. The van der Waals surface area contributed by atoms with Crippen molar-refractivity contribution in [3.05, 3.63) is 28.8 Å². The number of imidazole rings is 1. The monoisotopic (exact) mass is 412 g/mol.